The molecular formula is C17H17BrN4O. The summed E-state index contributed by atoms with van der Waals surface area (Å²) in [5, 5.41) is 3.35. The van der Waals surface area contributed by atoms with Crippen molar-refractivity contribution in [1.82, 2.24) is 15.0 Å². The Morgan fingerprint density at radius 1 is 1.13 bits per heavy atom. The lowest BCUT2D eigenvalue weighted by Crippen LogP contribution is -2.06. The zero-order valence-corrected chi connectivity index (χ0v) is 14.6. The van der Waals surface area contributed by atoms with Gasteiger partial charge in [-0.1, -0.05) is 28.1 Å². The van der Waals surface area contributed by atoms with E-state index >= 15 is 0 Å². The first-order valence-electron chi connectivity index (χ1n) is 7.42. The predicted octanol–water partition coefficient (Wildman–Crippen LogP) is 4.11. The van der Waals surface area contributed by atoms with Gasteiger partial charge in [-0.25, -0.2) is 15.0 Å². The first-order valence-corrected chi connectivity index (χ1v) is 8.21. The van der Waals surface area contributed by atoms with Crippen molar-refractivity contribution < 1.29 is 4.74 Å². The van der Waals surface area contributed by atoms with Gasteiger partial charge in [0.25, 0.3) is 0 Å². The molecule has 3 aromatic rings. The molecule has 0 radical (unpaired) electrons. The summed E-state index contributed by atoms with van der Waals surface area (Å²) in [6.45, 7) is 5.04. The molecule has 0 amide bonds. The van der Waals surface area contributed by atoms with Crippen LogP contribution >= 0.6 is 15.9 Å². The molecule has 0 aliphatic rings. The third-order valence-electron chi connectivity index (χ3n) is 3.27. The molecule has 0 unspecified atom stereocenters. The Morgan fingerprint density at radius 3 is 2.78 bits per heavy atom. The SMILES string of the molecule is CCOc1ccc2nc(C)nc(NCc3cccc(Br)c3)c2n1. The fraction of sp³-hybridized carbons (Fsp3) is 0.235. The number of nitrogens with zero attached hydrogens (tertiary/aromatic N) is 3. The first kappa shape index (κ1) is 15.7. The van der Waals surface area contributed by atoms with Gasteiger partial charge in [-0.2, -0.15) is 0 Å². The number of hydrogen-bond donors (Lipinski definition) is 1. The van der Waals surface area contributed by atoms with Gasteiger partial charge in [0.05, 0.1) is 12.1 Å². The molecule has 0 aliphatic carbocycles. The number of aromatic nitrogens is 3. The highest BCUT2D eigenvalue weighted by Gasteiger charge is 2.09. The molecule has 3 rings (SSSR count). The minimum absolute atomic E-state index is 0.575. The van der Waals surface area contributed by atoms with Crippen LogP contribution in [0, 0.1) is 6.92 Å². The number of benzene rings is 1. The Balaban J connectivity index is 1.93. The van der Waals surface area contributed by atoms with Crippen LogP contribution in [-0.4, -0.2) is 21.6 Å². The lowest BCUT2D eigenvalue weighted by Gasteiger charge is -2.10. The van der Waals surface area contributed by atoms with Gasteiger partial charge in [0.15, 0.2) is 5.82 Å². The summed E-state index contributed by atoms with van der Waals surface area (Å²) in [6.07, 6.45) is 0. The summed E-state index contributed by atoms with van der Waals surface area (Å²) in [5.41, 5.74) is 2.68. The largest absolute Gasteiger partial charge is 0.478 e. The number of ether oxygens (including phenoxy) is 1. The van der Waals surface area contributed by atoms with E-state index in [2.05, 4.69) is 48.3 Å². The van der Waals surface area contributed by atoms with E-state index in [9.17, 15) is 0 Å². The number of hydrogen-bond acceptors (Lipinski definition) is 5. The van der Waals surface area contributed by atoms with Gasteiger partial charge in [0.1, 0.15) is 11.3 Å². The Bertz CT molecular complexity index is 838. The third-order valence-corrected chi connectivity index (χ3v) is 3.76. The molecule has 5 nitrogen and oxygen atoms in total. The maximum absolute atomic E-state index is 5.48. The Hall–Kier alpha value is -2.21. The molecule has 6 heteroatoms. The normalized spacial score (nSPS) is 10.7. The molecule has 0 spiro atoms. The topological polar surface area (TPSA) is 59.9 Å². The van der Waals surface area contributed by atoms with Crippen LogP contribution in [0.25, 0.3) is 11.0 Å². The van der Waals surface area contributed by atoms with E-state index in [1.54, 1.807) is 0 Å². The second-order valence-corrected chi connectivity index (χ2v) is 5.97. The van der Waals surface area contributed by atoms with Crippen LogP contribution in [0.5, 0.6) is 5.88 Å². The van der Waals surface area contributed by atoms with E-state index in [1.807, 2.05) is 38.1 Å². The van der Waals surface area contributed by atoms with Crippen molar-refractivity contribution in [2.24, 2.45) is 0 Å². The minimum atomic E-state index is 0.575. The fourth-order valence-electron chi connectivity index (χ4n) is 2.30. The van der Waals surface area contributed by atoms with Gasteiger partial charge in [-0.05, 0) is 37.6 Å². The van der Waals surface area contributed by atoms with Crippen molar-refractivity contribution in [2.75, 3.05) is 11.9 Å². The number of nitrogens with one attached hydrogen (secondary N) is 1. The van der Waals surface area contributed by atoms with Gasteiger partial charge in [-0.15, -0.1) is 0 Å². The van der Waals surface area contributed by atoms with Crippen molar-refractivity contribution in [3.8, 4) is 5.88 Å². The minimum Gasteiger partial charge on any atom is -0.478 e. The Labute approximate surface area is 143 Å². The van der Waals surface area contributed by atoms with Gasteiger partial charge in [0, 0.05) is 17.1 Å². The number of aryl methyl sites for hydroxylation is 1. The van der Waals surface area contributed by atoms with Crippen LogP contribution in [0.3, 0.4) is 0 Å². The standard InChI is InChI=1S/C17H17BrN4O/c1-3-23-15-8-7-14-16(22-15)17(21-11(2)20-14)19-10-12-5-4-6-13(18)9-12/h4-9H,3,10H2,1-2H3,(H,19,20,21). The molecule has 0 fully saturated rings. The Kier molecular flexibility index (Phi) is 4.71. The zero-order chi connectivity index (χ0) is 16.2. The average Bonchev–Trinajstić information content (AvgIpc) is 2.53. The van der Waals surface area contributed by atoms with Crippen LogP contribution in [0.4, 0.5) is 5.82 Å². The van der Waals surface area contributed by atoms with Crippen LogP contribution in [-0.2, 0) is 6.54 Å². The number of halogens is 1. The number of anilines is 1. The third kappa shape index (κ3) is 3.76. The maximum Gasteiger partial charge on any atom is 0.214 e. The molecule has 2 heterocycles. The molecule has 0 saturated carbocycles. The highest BCUT2D eigenvalue weighted by Crippen LogP contribution is 2.22. The predicted molar refractivity (Wildman–Crippen MR) is 94.7 cm³/mol. The van der Waals surface area contributed by atoms with Gasteiger partial charge in [-0.3, -0.25) is 0 Å². The molecule has 2 aromatic heterocycles. The van der Waals surface area contributed by atoms with E-state index in [0.29, 0.717) is 30.7 Å². The molecule has 1 aromatic carbocycles. The van der Waals surface area contributed by atoms with E-state index in [1.165, 1.54) is 0 Å². The lowest BCUT2D eigenvalue weighted by molar-refractivity contribution is 0.328. The van der Waals surface area contributed by atoms with E-state index in [-0.39, 0.29) is 0 Å². The van der Waals surface area contributed by atoms with Crippen molar-refractivity contribution in [1.29, 1.82) is 0 Å². The van der Waals surface area contributed by atoms with Crippen LogP contribution in [0.1, 0.15) is 18.3 Å². The van der Waals surface area contributed by atoms with Crippen molar-refractivity contribution in [2.45, 2.75) is 20.4 Å². The molecule has 1 N–H and O–H groups in total. The fourth-order valence-corrected chi connectivity index (χ4v) is 2.74. The summed E-state index contributed by atoms with van der Waals surface area (Å²) in [4.78, 5) is 13.4. The highest BCUT2D eigenvalue weighted by atomic mass is 79.9. The van der Waals surface area contributed by atoms with Crippen LogP contribution in [0.2, 0.25) is 0 Å². The number of rotatable bonds is 5. The molecule has 0 atom stereocenters. The quantitative estimate of drug-likeness (QED) is 0.730. The van der Waals surface area contributed by atoms with Gasteiger partial charge in [0.2, 0.25) is 5.88 Å². The van der Waals surface area contributed by atoms with Gasteiger partial charge >= 0.3 is 0 Å². The number of fused-ring (bicyclic) bond motifs is 1. The number of pyridine rings is 1. The molecule has 0 saturated heterocycles. The smallest absolute Gasteiger partial charge is 0.214 e. The van der Waals surface area contributed by atoms with Crippen molar-refractivity contribution in [3.63, 3.8) is 0 Å². The molecule has 0 aliphatic heterocycles. The summed E-state index contributed by atoms with van der Waals surface area (Å²) in [7, 11) is 0. The first-order chi connectivity index (χ1) is 11.2. The summed E-state index contributed by atoms with van der Waals surface area (Å²) < 4.78 is 6.53. The van der Waals surface area contributed by atoms with E-state index in [0.717, 1.165) is 21.1 Å². The van der Waals surface area contributed by atoms with Gasteiger partial charge < -0.3 is 10.1 Å². The van der Waals surface area contributed by atoms with Crippen molar-refractivity contribution >= 4 is 32.8 Å². The highest BCUT2D eigenvalue weighted by molar-refractivity contribution is 9.10. The van der Waals surface area contributed by atoms with E-state index in [4.69, 9.17) is 4.74 Å². The average molecular weight is 373 g/mol. The summed E-state index contributed by atoms with van der Waals surface area (Å²) in [6, 6.07) is 11.9. The monoisotopic (exact) mass is 372 g/mol. The van der Waals surface area contributed by atoms with Crippen LogP contribution in [0.15, 0.2) is 40.9 Å². The summed E-state index contributed by atoms with van der Waals surface area (Å²) in [5.74, 6) is 2.01. The second-order valence-electron chi connectivity index (χ2n) is 5.05. The maximum atomic E-state index is 5.48. The van der Waals surface area contributed by atoms with Crippen LogP contribution < -0.4 is 10.1 Å². The molecule has 0 bridgehead atoms. The van der Waals surface area contributed by atoms with E-state index < -0.39 is 0 Å². The second kappa shape index (κ2) is 6.91. The summed E-state index contributed by atoms with van der Waals surface area (Å²) >= 11 is 3.48. The Morgan fingerprint density at radius 2 is 2.00 bits per heavy atom. The zero-order valence-electron chi connectivity index (χ0n) is 13.0. The lowest BCUT2D eigenvalue weighted by atomic mass is 10.2. The van der Waals surface area contributed by atoms with Crippen molar-refractivity contribution in [3.05, 3.63) is 52.3 Å². The molecule has 23 heavy (non-hydrogen) atoms. The molecule has 118 valence electrons. The molecular weight excluding hydrogens is 356 g/mol.